The number of carbonyl (C=O) groups is 2. The fourth-order valence-electron chi connectivity index (χ4n) is 5.64. The number of rotatable bonds is 12. The number of ether oxygens (including phenoxy) is 2. The normalized spacial score (nSPS) is 19.4. The van der Waals surface area contributed by atoms with Gasteiger partial charge in [-0.15, -0.1) is 0 Å². The van der Waals surface area contributed by atoms with Crippen LogP contribution in [0.4, 0.5) is 13.6 Å². The lowest BCUT2D eigenvalue weighted by Crippen LogP contribution is -2.58. The Balaban J connectivity index is 1.51. The number of aliphatic hydroxyl groups excluding tert-OH is 1. The van der Waals surface area contributed by atoms with E-state index in [2.05, 4.69) is 36.6 Å². The summed E-state index contributed by atoms with van der Waals surface area (Å²) in [5.41, 5.74) is 1.88. The SMILES string of the molecule is CC(C)c1cccc(C2(NCC(O)C(Cc3cc(F)cc(F)c3)NC(=O)OC(C)(C)C)CC(C(=O)OCc3ccccc3)C2)c1. The minimum atomic E-state index is -1.17. The third-order valence-corrected chi connectivity index (χ3v) is 8.05. The summed E-state index contributed by atoms with van der Waals surface area (Å²) in [6.45, 7) is 9.58. The van der Waals surface area contributed by atoms with Crippen molar-refractivity contribution in [3.05, 3.63) is 107 Å². The molecule has 0 heterocycles. The first kappa shape index (κ1) is 34.1. The summed E-state index contributed by atoms with van der Waals surface area (Å²) < 4.78 is 39.0. The summed E-state index contributed by atoms with van der Waals surface area (Å²) >= 11 is 0. The van der Waals surface area contributed by atoms with Crippen molar-refractivity contribution in [1.82, 2.24) is 10.6 Å². The first-order valence-electron chi connectivity index (χ1n) is 15.4. The lowest BCUT2D eigenvalue weighted by molar-refractivity contribution is -0.156. The Kier molecular flexibility index (Phi) is 11.0. The Morgan fingerprint density at radius 3 is 2.24 bits per heavy atom. The number of alkyl carbamates (subject to hydrolysis) is 1. The second-order valence-corrected chi connectivity index (χ2v) is 13.2. The van der Waals surface area contributed by atoms with Gasteiger partial charge in [0.15, 0.2) is 0 Å². The van der Waals surface area contributed by atoms with Gasteiger partial charge in [-0.25, -0.2) is 13.6 Å². The van der Waals surface area contributed by atoms with Crippen molar-refractivity contribution in [2.45, 2.75) is 89.7 Å². The molecule has 0 aliphatic heterocycles. The van der Waals surface area contributed by atoms with Crippen LogP contribution in [0, 0.1) is 17.6 Å². The molecule has 0 spiro atoms. The Bertz CT molecular complexity index is 1430. The van der Waals surface area contributed by atoms with E-state index in [1.807, 2.05) is 42.5 Å². The molecule has 2 unspecified atom stereocenters. The number of hydrogen-bond acceptors (Lipinski definition) is 6. The number of halogens is 2. The van der Waals surface area contributed by atoms with Gasteiger partial charge in [-0.3, -0.25) is 4.79 Å². The fourth-order valence-corrected chi connectivity index (χ4v) is 5.64. The van der Waals surface area contributed by atoms with Crippen LogP contribution >= 0.6 is 0 Å². The van der Waals surface area contributed by atoms with Crippen molar-refractivity contribution in [3.63, 3.8) is 0 Å². The second kappa shape index (κ2) is 14.5. The van der Waals surface area contributed by atoms with Crippen LogP contribution in [0.25, 0.3) is 0 Å². The van der Waals surface area contributed by atoms with Gasteiger partial charge in [0.05, 0.1) is 18.1 Å². The van der Waals surface area contributed by atoms with Crippen molar-refractivity contribution in [3.8, 4) is 0 Å². The van der Waals surface area contributed by atoms with Crippen molar-refractivity contribution >= 4 is 12.1 Å². The lowest BCUT2D eigenvalue weighted by Gasteiger charge is -2.48. The van der Waals surface area contributed by atoms with Crippen LogP contribution in [0.3, 0.4) is 0 Å². The highest BCUT2D eigenvalue weighted by Gasteiger charge is 2.49. The number of esters is 1. The molecule has 3 aromatic carbocycles. The van der Waals surface area contributed by atoms with E-state index in [4.69, 9.17) is 9.47 Å². The summed E-state index contributed by atoms with van der Waals surface area (Å²) in [6.07, 6.45) is -1.06. The quantitative estimate of drug-likeness (QED) is 0.199. The van der Waals surface area contributed by atoms with Crippen LogP contribution in [-0.2, 0) is 32.8 Å². The predicted molar refractivity (Wildman–Crippen MR) is 168 cm³/mol. The Morgan fingerprint density at radius 1 is 0.956 bits per heavy atom. The number of carbonyl (C=O) groups excluding carboxylic acids is 2. The maximum absolute atomic E-state index is 14.0. The first-order chi connectivity index (χ1) is 21.2. The molecule has 1 amide bonds. The summed E-state index contributed by atoms with van der Waals surface area (Å²) in [5, 5.41) is 17.6. The van der Waals surface area contributed by atoms with Crippen molar-refractivity contribution < 1.29 is 33.0 Å². The van der Waals surface area contributed by atoms with E-state index in [9.17, 15) is 23.5 Å². The van der Waals surface area contributed by atoms with Crippen LogP contribution < -0.4 is 10.6 Å². The average molecular weight is 623 g/mol. The van der Waals surface area contributed by atoms with Gasteiger partial charge in [-0.05, 0) is 80.3 Å². The molecule has 1 fully saturated rings. The molecule has 2 atom stereocenters. The van der Waals surface area contributed by atoms with Crippen LogP contribution in [-0.4, -0.2) is 41.5 Å². The number of benzene rings is 3. The minimum Gasteiger partial charge on any atom is -0.461 e. The van der Waals surface area contributed by atoms with Crippen molar-refractivity contribution in [2.24, 2.45) is 5.92 Å². The third-order valence-electron chi connectivity index (χ3n) is 8.05. The van der Waals surface area contributed by atoms with Crippen LogP contribution in [0.5, 0.6) is 0 Å². The third kappa shape index (κ3) is 9.58. The van der Waals surface area contributed by atoms with E-state index in [-0.39, 0.29) is 42.9 Å². The van der Waals surface area contributed by atoms with Gasteiger partial charge < -0.3 is 25.2 Å². The largest absolute Gasteiger partial charge is 0.461 e. The standard InChI is InChI=1S/C36H44F2N2O5/c1-23(2)26-12-9-13-28(17-26)36(19-27(20-36)33(42)44-22-24-10-7-6-8-11-24)39-21-32(41)31(40-34(43)45-35(3,4)5)16-25-14-29(37)18-30(38)15-25/h6-15,17-18,23,27,31-32,39,41H,16,19-22H2,1-5H3,(H,40,43). The molecule has 7 nitrogen and oxygen atoms in total. The Morgan fingerprint density at radius 2 is 1.62 bits per heavy atom. The van der Waals surface area contributed by atoms with E-state index in [0.717, 1.165) is 22.8 Å². The molecule has 0 aromatic heterocycles. The molecular formula is C36H44F2N2O5. The smallest absolute Gasteiger partial charge is 0.407 e. The van der Waals surface area contributed by atoms with Crippen molar-refractivity contribution in [1.29, 1.82) is 0 Å². The molecule has 1 saturated carbocycles. The Labute approximate surface area is 264 Å². The maximum Gasteiger partial charge on any atom is 0.407 e. The summed E-state index contributed by atoms with van der Waals surface area (Å²) in [7, 11) is 0. The molecule has 4 rings (SSSR count). The molecule has 0 bridgehead atoms. The summed E-state index contributed by atoms with van der Waals surface area (Å²) in [6, 6.07) is 19.8. The summed E-state index contributed by atoms with van der Waals surface area (Å²) in [4.78, 5) is 25.7. The molecular weight excluding hydrogens is 578 g/mol. The topological polar surface area (TPSA) is 96.9 Å². The number of aliphatic hydroxyl groups is 1. The fraction of sp³-hybridized carbons (Fsp3) is 0.444. The molecule has 1 aliphatic rings. The molecule has 0 radical (unpaired) electrons. The highest BCUT2D eigenvalue weighted by molar-refractivity contribution is 5.74. The van der Waals surface area contributed by atoms with E-state index >= 15 is 0 Å². The van der Waals surface area contributed by atoms with Gasteiger partial charge in [0.25, 0.3) is 0 Å². The number of nitrogens with one attached hydrogen (secondary N) is 2. The van der Waals surface area contributed by atoms with Crippen LogP contribution in [0.1, 0.15) is 75.6 Å². The van der Waals surface area contributed by atoms with Gasteiger partial charge in [0.1, 0.15) is 23.8 Å². The molecule has 3 aromatic rings. The number of amides is 1. The second-order valence-electron chi connectivity index (χ2n) is 13.2. The molecule has 9 heteroatoms. The molecule has 45 heavy (non-hydrogen) atoms. The van der Waals surface area contributed by atoms with Gasteiger partial charge in [-0.2, -0.15) is 0 Å². The maximum atomic E-state index is 14.0. The molecule has 1 aliphatic carbocycles. The van der Waals surface area contributed by atoms with Gasteiger partial charge in [0, 0.05) is 18.2 Å². The summed E-state index contributed by atoms with van der Waals surface area (Å²) in [5.74, 6) is -1.84. The van der Waals surface area contributed by atoms with E-state index in [0.29, 0.717) is 12.8 Å². The molecule has 0 saturated heterocycles. The number of hydrogen-bond donors (Lipinski definition) is 3. The zero-order valence-corrected chi connectivity index (χ0v) is 26.6. The van der Waals surface area contributed by atoms with E-state index < -0.39 is 41.0 Å². The molecule has 3 N–H and O–H groups in total. The zero-order chi connectivity index (χ0) is 32.8. The predicted octanol–water partition coefficient (Wildman–Crippen LogP) is 6.52. The average Bonchev–Trinajstić information content (AvgIpc) is 2.94. The van der Waals surface area contributed by atoms with Gasteiger partial charge >= 0.3 is 12.1 Å². The van der Waals surface area contributed by atoms with Gasteiger partial charge in [0.2, 0.25) is 0 Å². The van der Waals surface area contributed by atoms with Gasteiger partial charge in [-0.1, -0.05) is 68.4 Å². The van der Waals surface area contributed by atoms with Crippen LogP contribution in [0.15, 0.2) is 72.8 Å². The lowest BCUT2D eigenvalue weighted by atomic mass is 9.64. The highest BCUT2D eigenvalue weighted by Crippen LogP contribution is 2.47. The highest BCUT2D eigenvalue weighted by atomic mass is 19.1. The van der Waals surface area contributed by atoms with Crippen LogP contribution in [0.2, 0.25) is 0 Å². The minimum absolute atomic E-state index is 0.0238. The van der Waals surface area contributed by atoms with E-state index in [1.165, 1.54) is 12.1 Å². The zero-order valence-electron chi connectivity index (χ0n) is 26.6. The van der Waals surface area contributed by atoms with E-state index in [1.54, 1.807) is 20.8 Å². The monoisotopic (exact) mass is 622 g/mol. The first-order valence-corrected chi connectivity index (χ1v) is 15.4. The molecule has 242 valence electrons. The van der Waals surface area contributed by atoms with Crippen molar-refractivity contribution in [2.75, 3.05) is 6.54 Å². The Hall–Kier alpha value is -3.82.